The van der Waals surface area contributed by atoms with Crippen LogP contribution in [-0.4, -0.2) is 87.2 Å². The first-order chi connectivity index (χ1) is 18.0. The van der Waals surface area contributed by atoms with Gasteiger partial charge in [-0.1, -0.05) is 24.4 Å². The van der Waals surface area contributed by atoms with E-state index in [-0.39, 0.29) is 30.3 Å². The molecule has 2 aliphatic rings. The van der Waals surface area contributed by atoms with Crippen LogP contribution in [0, 0.1) is 0 Å². The van der Waals surface area contributed by atoms with E-state index in [0.29, 0.717) is 89.1 Å². The molecule has 0 aliphatic carbocycles. The smallest absolute Gasteiger partial charge is 0.303 e. The highest BCUT2D eigenvalue weighted by atomic mass is 35.5. The summed E-state index contributed by atoms with van der Waals surface area (Å²) in [6.45, 7) is 3.38. The number of fused-ring (bicyclic) bond motifs is 1. The molecule has 2 heterocycles. The number of halogens is 1. The third-order valence-electron chi connectivity index (χ3n) is 5.56. The third-order valence-corrected chi connectivity index (χ3v) is 5.91. The molecule has 0 saturated heterocycles. The molecular formula is C25H33ClN2O9. The zero-order valence-corrected chi connectivity index (χ0v) is 21.4. The van der Waals surface area contributed by atoms with Gasteiger partial charge >= 0.3 is 5.97 Å². The molecule has 0 saturated carbocycles. The largest absolute Gasteiger partial charge is 0.487 e. The van der Waals surface area contributed by atoms with E-state index in [1.807, 2.05) is 0 Å². The number of nitrogens with one attached hydrogen (secondary N) is 1. The molecule has 204 valence electrons. The topological polar surface area (TPSA) is 133 Å². The first kappa shape index (κ1) is 28.7. The molecule has 0 aromatic heterocycles. The molecule has 2 aliphatic heterocycles. The summed E-state index contributed by atoms with van der Waals surface area (Å²) < 4.78 is 28.0. The average Bonchev–Trinajstić information content (AvgIpc) is 3.07. The Kier molecular flexibility index (Phi) is 12.0. The fourth-order valence-corrected chi connectivity index (χ4v) is 3.91. The Hall–Kier alpha value is -2.86. The Morgan fingerprint density at radius 3 is 2.08 bits per heavy atom. The van der Waals surface area contributed by atoms with E-state index in [4.69, 9.17) is 40.4 Å². The number of imide groups is 1. The van der Waals surface area contributed by atoms with E-state index in [1.54, 1.807) is 18.2 Å². The Labute approximate surface area is 220 Å². The number of rotatable bonds is 9. The van der Waals surface area contributed by atoms with E-state index >= 15 is 0 Å². The number of amides is 2. The molecule has 1 aromatic rings. The van der Waals surface area contributed by atoms with Crippen molar-refractivity contribution in [1.29, 1.82) is 0 Å². The summed E-state index contributed by atoms with van der Waals surface area (Å²) in [6, 6.07) is 5.06. The lowest BCUT2D eigenvalue weighted by atomic mass is 10.1. The van der Waals surface area contributed by atoms with Crippen LogP contribution in [0.4, 0.5) is 5.69 Å². The Bertz CT molecular complexity index is 969. The number of unbranched alkanes of at least 4 members (excludes halogenated alkanes) is 3. The molecule has 37 heavy (non-hydrogen) atoms. The monoisotopic (exact) mass is 540 g/mol. The zero-order chi connectivity index (χ0) is 26.5. The molecule has 0 fully saturated rings. The number of carboxylic acid groups (broad SMARTS) is 1. The molecule has 0 radical (unpaired) electrons. The predicted octanol–water partition coefficient (Wildman–Crippen LogP) is 2.77. The lowest BCUT2D eigenvalue weighted by Gasteiger charge is -2.16. The quantitative estimate of drug-likeness (QED) is 0.356. The van der Waals surface area contributed by atoms with Gasteiger partial charge in [-0.2, -0.15) is 0 Å². The van der Waals surface area contributed by atoms with Crippen LogP contribution in [0.25, 0.3) is 0 Å². The Morgan fingerprint density at radius 1 is 0.838 bits per heavy atom. The molecule has 2 amide bonds. The van der Waals surface area contributed by atoms with Crippen molar-refractivity contribution in [2.24, 2.45) is 0 Å². The maximum absolute atomic E-state index is 12.9. The lowest BCUT2D eigenvalue weighted by molar-refractivity contribution is -0.138. The second-order valence-corrected chi connectivity index (χ2v) is 8.71. The van der Waals surface area contributed by atoms with Gasteiger partial charge in [0.1, 0.15) is 23.9 Å². The number of hydrogen-bond donors (Lipinski definition) is 2. The molecule has 12 heteroatoms. The van der Waals surface area contributed by atoms with Gasteiger partial charge in [-0.05, 0) is 25.0 Å². The number of hydrogen-bond acceptors (Lipinski definition) is 9. The summed E-state index contributed by atoms with van der Waals surface area (Å²) >= 11 is 6.22. The third kappa shape index (κ3) is 9.19. The van der Waals surface area contributed by atoms with Crippen LogP contribution >= 0.6 is 11.6 Å². The number of aliphatic carboxylic acids is 1. The second kappa shape index (κ2) is 15.4. The van der Waals surface area contributed by atoms with Crippen molar-refractivity contribution in [3.05, 3.63) is 28.9 Å². The van der Waals surface area contributed by atoms with E-state index in [2.05, 4.69) is 5.32 Å². The molecule has 3 rings (SSSR count). The summed E-state index contributed by atoms with van der Waals surface area (Å²) in [5.74, 6) is -0.973. The zero-order valence-electron chi connectivity index (χ0n) is 20.7. The van der Waals surface area contributed by atoms with Gasteiger partial charge in [-0.25, -0.2) is 0 Å². The summed E-state index contributed by atoms with van der Waals surface area (Å²) in [4.78, 5) is 37.2. The van der Waals surface area contributed by atoms with Crippen LogP contribution < -0.4 is 14.8 Å². The Morgan fingerprint density at radius 2 is 1.43 bits per heavy atom. The van der Waals surface area contributed by atoms with Crippen molar-refractivity contribution in [3.63, 3.8) is 0 Å². The van der Waals surface area contributed by atoms with Crippen LogP contribution in [0.3, 0.4) is 0 Å². The molecule has 1 aromatic carbocycles. The number of carboxylic acids is 1. The summed E-state index contributed by atoms with van der Waals surface area (Å²) in [5.41, 5.74) is 0.489. The molecule has 11 nitrogen and oxygen atoms in total. The summed E-state index contributed by atoms with van der Waals surface area (Å²) in [6.07, 6.45) is 2.64. The molecule has 0 spiro atoms. The number of anilines is 1. The van der Waals surface area contributed by atoms with Gasteiger partial charge in [0.15, 0.2) is 11.5 Å². The van der Waals surface area contributed by atoms with Gasteiger partial charge in [0.05, 0.1) is 39.6 Å². The average molecular weight is 541 g/mol. The highest BCUT2D eigenvalue weighted by molar-refractivity contribution is 6.48. The van der Waals surface area contributed by atoms with Crippen LogP contribution in [-0.2, 0) is 28.6 Å². The van der Waals surface area contributed by atoms with Crippen LogP contribution in [0.15, 0.2) is 28.9 Å². The predicted molar refractivity (Wildman–Crippen MR) is 134 cm³/mol. The van der Waals surface area contributed by atoms with Gasteiger partial charge in [0.25, 0.3) is 11.8 Å². The van der Waals surface area contributed by atoms with E-state index in [0.717, 1.165) is 4.90 Å². The molecule has 0 unspecified atom stereocenters. The fourth-order valence-electron chi connectivity index (χ4n) is 3.68. The summed E-state index contributed by atoms with van der Waals surface area (Å²) in [5, 5.41) is 11.5. The fraction of sp³-hybridized carbons (Fsp3) is 0.560. The van der Waals surface area contributed by atoms with Gasteiger partial charge in [-0.15, -0.1) is 0 Å². The molecule has 0 atom stereocenters. The number of nitrogens with zero attached hydrogens (tertiary/aromatic N) is 1. The van der Waals surface area contributed by atoms with Crippen molar-refractivity contribution >= 4 is 35.1 Å². The number of carbonyl (C=O) groups excluding carboxylic acids is 2. The van der Waals surface area contributed by atoms with E-state index in [9.17, 15) is 14.4 Å². The first-order valence-electron chi connectivity index (χ1n) is 12.3. The second-order valence-electron chi connectivity index (χ2n) is 8.33. The van der Waals surface area contributed by atoms with Gasteiger partial charge in [0.2, 0.25) is 0 Å². The van der Waals surface area contributed by atoms with E-state index < -0.39 is 17.8 Å². The maximum atomic E-state index is 12.9. The van der Waals surface area contributed by atoms with Crippen molar-refractivity contribution in [2.45, 2.75) is 32.1 Å². The molecular weight excluding hydrogens is 508 g/mol. The standard InChI is InChI=1S/C25H33ClN2O9/c26-22-23(25(32)28(24(22)31)8-4-2-1-3-5-21(29)30)27-18-6-7-19-20(17-18)37-16-14-35-12-10-33-9-11-34-13-15-36-19/h6-7,17,27H,1-5,8-16H2,(H,29,30). The molecule has 0 bridgehead atoms. The number of ether oxygens (including phenoxy) is 5. The van der Waals surface area contributed by atoms with Crippen molar-refractivity contribution < 1.29 is 43.2 Å². The highest BCUT2D eigenvalue weighted by Crippen LogP contribution is 2.33. The lowest BCUT2D eigenvalue weighted by Crippen LogP contribution is -2.33. The van der Waals surface area contributed by atoms with Crippen LogP contribution in [0.1, 0.15) is 32.1 Å². The van der Waals surface area contributed by atoms with Crippen LogP contribution in [0.2, 0.25) is 0 Å². The van der Waals surface area contributed by atoms with Gasteiger partial charge < -0.3 is 34.1 Å². The highest BCUT2D eigenvalue weighted by Gasteiger charge is 2.37. The van der Waals surface area contributed by atoms with Crippen molar-refractivity contribution in [1.82, 2.24) is 4.90 Å². The minimum atomic E-state index is -0.836. The summed E-state index contributed by atoms with van der Waals surface area (Å²) in [7, 11) is 0. The van der Waals surface area contributed by atoms with Gasteiger partial charge in [-0.3, -0.25) is 19.3 Å². The van der Waals surface area contributed by atoms with E-state index in [1.165, 1.54) is 0 Å². The van der Waals surface area contributed by atoms with Crippen LogP contribution in [0.5, 0.6) is 11.5 Å². The minimum Gasteiger partial charge on any atom is -0.487 e. The van der Waals surface area contributed by atoms with Crippen molar-refractivity contribution in [2.75, 3.05) is 64.7 Å². The van der Waals surface area contributed by atoms with Gasteiger partial charge in [0, 0.05) is 24.7 Å². The normalized spacial score (nSPS) is 17.9. The Balaban J connectivity index is 1.60. The number of benzene rings is 1. The molecule has 2 N–H and O–H groups in total. The minimum absolute atomic E-state index is 0.00714. The first-order valence-corrected chi connectivity index (χ1v) is 12.7. The van der Waals surface area contributed by atoms with Crippen molar-refractivity contribution in [3.8, 4) is 11.5 Å². The maximum Gasteiger partial charge on any atom is 0.303 e. The SMILES string of the molecule is O=C(O)CCCCCCN1C(=O)C(Cl)=C(Nc2ccc3c(c2)OCCOCCOCCOCCO3)C1=O. The number of carbonyl (C=O) groups is 3.